The molecule has 1 amide bonds. The minimum atomic E-state index is -3.58. The lowest BCUT2D eigenvalue weighted by Crippen LogP contribution is -2.36. The summed E-state index contributed by atoms with van der Waals surface area (Å²) in [7, 11) is 0.138. The van der Waals surface area contributed by atoms with Crippen molar-refractivity contribution in [3.8, 4) is 11.5 Å². The van der Waals surface area contributed by atoms with Crippen molar-refractivity contribution in [2.24, 2.45) is 5.92 Å². The number of ether oxygens (including phenoxy) is 4. The van der Waals surface area contributed by atoms with Crippen molar-refractivity contribution in [2.75, 3.05) is 39.3 Å². The van der Waals surface area contributed by atoms with Crippen LogP contribution in [-0.4, -0.2) is 102 Å². The standard InChI is InChI=1S/C48H50N10O12P2S/c1-29(2)44(59)55-47-54-43-41(45(60)56-47)52-28-57(43)46-39(69-71(61)62)23-37(68-46)25-67-72(73,66-20-19-49-3)70-36-21-33(22-36)58-40(53-38-24-50-27-51-42(38)58)26-65-48(30-9-7-6-8-10-30,31-11-15-34(63-4)16-12-31)32-13-17-35(64-5)18-14-32/h6-18,24,27-29,33,36-37,39,46H,19-23,25-26H2,1-2,4-5H3,(H2-,54,55,56,59,60,61,62)/p+1/t33?,36?,37-,39+,46+,72?/m0/s1. The Balaban J connectivity index is 0.944. The van der Waals surface area contributed by atoms with Crippen LogP contribution in [0.3, 0.4) is 0 Å². The summed E-state index contributed by atoms with van der Waals surface area (Å²) in [5.41, 5.74) is 1.98. The van der Waals surface area contributed by atoms with Gasteiger partial charge in [0.1, 0.15) is 48.0 Å². The average Bonchev–Trinajstić information content (AvgIpc) is 4.10. The molecule has 5 heterocycles. The van der Waals surface area contributed by atoms with Crippen LogP contribution >= 0.6 is 15.0 Å². The van der Waals surface area contributed by atoms with Gasteiger partial charge in [-0.2, -0.15) is 4.98 Å². The Bertz CT molecular complexity index is 3190. The van der Waals surface area contributed by atoms with Crippen LogP contribution in [0.25, 0.3) is 27.2 Å². The van der Waals surface area contributed by atoms with Crippen molar-refractivity contribution in [1.29, 1.82) is 0 Å². The molecule has 2 fully saturated rings. The number of nitrogens with zero attached hydrogens (tertiary/aromatic N) is 8. The number of carbonyl (C=O) groups excluding carboxylic acids is 1. The number of aromatic amines is 1. The molecule has 0 spiro atoms. The predicted octanol–water partition coefficient (Wildman–Crippen LogP) is 7.30. The smallest absolute Gasteiger partial charge is 0.497 e. The number of amides is 1. The molecular weight excluding hydrogens is 1000 g/mol. The Morgan fingerprint density at radius 2 is 1.67 bits per heavy atom. The van der Waals surface area contributed by atoms with Crippen LogP contribution < -0.4 is 20.3 Å². The number of hydrogen-bond donors (Lipinski definition) is 3. The molecule has 1 saturated heterocycles. The molecule has 2 unspecified atom stereocenters. The number of fused-ring (bicyclic) bond motifs is 2. The second-order valence-corrected chi connectivity index (χ2v) is 21.0. The van der Waals surface area contributed by atoms with Gasteiger partial charge in [0, 0.05) is 22.9 Å². The number of imidazole rings is 2. The van der Waals surface area contributed by atoms with Crippen molar-refractivity contribution in [2.45, 2.75) is 75.9 Å². The third-order valence-corrected chi connectivity index (χ3v) is 15.3. The van der Waals surface area contributed by atoms with Gasteiger partial charge in [0.25, 0.3) is 5.56 Å². The Kier molecular flexibility index (Phi) is 15.8. The molecule has 1 aliphatic heterocycles. The van der Waals surface area contributed by atoms with E-state index in [0.29, 0.717) is 41.3 Å². The van der Waals surface area contributed by atoms with Gasteiger partial charge in [-0.05, 0) is 65.6 Å². The summed E-state index contributed by atoms with van der Waals surface area (Å²) in [6.45, 7) is 6.93. The molecule has 3 N–H and O–H groups in total. The van der Waals surface area contributed by atoms with Gasteiger partial charge >= 0.3 is 15.0 Å². The second-order valence-electron chi connectivity index (χ2n) is 17.4. The van der Waals surface area contributed by atoms with E-state index in [4.69, 9.17) is 60.4 Å². The van der Waals surface area contributed by atoms with Gasteiger partial charge in [-0.3, -0.25) is 24.5 Å². The molecule has 1 saturated carbocycles. The highest BCUT2D eigenvalue weighted by atomic mass is 32.5. The minimum absolute atomic E-state index is 0.000920. The van der Waals surface area contributed by atoms with Crippen LogP contribution in [0.1, 0.15) is 67.9 Å². The fourth-order valence-corrected chi connectivity index (χ4v) is 11.4. The molecule has 380 valence electrons. The highest BCUT2D eigenvalue weighted by Crippen LogP contribution is 2.56. The summed E-state index contributed by atoms with van der Waals surface area (Å²) in [5.74, 6) is 1.08. The fourth-order valence-electron chi connectivity index (χ4n) is 8.83. The number of H-pyrrole nitrogens is 1. The summed E-state index contributed by atoms with van der Waals surface area (Å²) >= 11 is 5.97. The first-order valence-corrected chi connectivity index (χ1v) is 26.8. The first kappa shape index (κ1) is 51.5. The number of nitrogens with one attached hydrogen (secondary N) is 2. The highest BCUT2D eigenvalue weighted by Gasteiger charge is 2.46. The van der Waals surface area contributed by atoms with E-state index in [1.54, 1.807) is 34.3 Å². The van der Waals surface area contributed by atoms with Gasteiger partial charge in [0.15, 0.2) is 29.1 Å². The fraction of sp³-hybridized carbons (Fsp3) is 0.375. The first-order valence-electron chi connectivity index (χ1n) is 23.1. The summed E-state index contributed by atoms with van der Waals surface area (Å²) in [6, 6.07) is 25.3. The highest BCUT2D eigenvalue weighted by molar-refractivity contribution is 8.07. The van der Waals surface area contributed by atoms with Crippen LogP contribution in [-0.2, 0) is 60.9 Å². The summed E-state index contributed by atoms with van der Waals surface area (Å²) < 4.78 is 64.3. The Morgan fingerprint density at radius 1 is 0.986 bits per heavy atom. The molecule has 0 radical (unpaired) electrons. The predicted molar refractivity (Wildman–Crippen MR) is 268 cm³/mol. The molecule has 2 aliphatic rings. The maximum Gasteiger partial charge on any atom is 0.695 e. The monoisotopic (exact) mass is 1050 g/mol. The summed E-state index contributed by atoms with van der Waals surface area (Å²) in [4.78, 5) is 63.7. The van der Waals surface area contributed by atoms with E-state index in [1.807, 2.05) is 83.4 Å². The number of carbonyl (C=O) groups is 1. The van der Waals surface area contributed by atoms with Gasteiger partial charge in [0.05, 0.1) is 45.6 Å². The van der Waals surface area contributed by atoms with E-state index in [9.17, 15) is 19.0 Å². The Labute approximate surface area is 424 Å². The van der Waals surface area contributed by atoms with E-state index >= 15 is 0 Å². The zero-order valence-corrected chi connectivity index (χ0v) is 42.6. The number of aromatic nitrogens is 8. The average molecular weight is 1050 g/mol. The third kappa shape index (κ3) is 11.1. The number of methoxy groups -OCH3 is 2. The zero-order valence-electron chi connectivity index (χ0n) is 40.0. The Hall–Kier alpha value is -6.41. The van der Waals surface area contributed by atoms with Crippen LogP contribution in [0.15, 0.2) is 103 Å². The van der Waals surface area contributed by atoms with E-state index in [2.05, 4.69) is 35.1 Å². The molecule has 5 atom stereocenters. The van der Waals surface area contributed by atoms with Crippen molar-refractivity contribution < 1.29 is 51.3 Å². The van der Waals surface area contributed by atoms with Gasteiger partial charge in [-0.25, -0.2) is 26.5 Å². The quantitative estimate of drug-likeness (QED) is 0.0261. The number of hydrogen-bond acceptors (Lipinski definition) is 17. The molecule has 3 aromatic carbocycles. The van der Waals surface area contributed by atoms with E-state index in [1.165, 1.54) is 17.2 Å². The molecule has 7 aromatic rings. The first-order chi connectivity index (χ1) is 35.3. The van der Waals surface area contributed by atoms with E-state index in [-0.39, 0.29) is 61.8 Å². The molecule has 22 nitrogen and oxygen atoms in total. The van der Waals surface area contributed by atoms with Crippen LogP contribution in [0.4, 0.5) is 5.95 Å². The lowest BCUT2D eigenvalue weighted by atomic mass is 9.80. The number of anilines is 1. The van der Waals surface area contributed by atoms with Crippen LogP contribution in [0, 0.1) is 12.5 Å². The summed E-state index contributed by atoms with van der Waals surface area (Å²) in [5, 5.41) is 2.57. The SMILES string of the molecule is [C-]#[N+]CCOP(=S)(OC[C@@H]1C[C@@H](O[P+](=O)O)[C@H](n2cnc3c(=O)[nH]c(NC(=O)C(C)C)nc32)O1)OC1CC(n2c(COC(c3ccccc3)(c3ccc(OC)cc3)c3ccc(OC)cc3)nc3cncnc32)C1. The van der Waals surface area contributed by atoms with Crippen molar-refractivity contribution in [3.05, 3.63) is 142 Å². The van der Waals surface area contributed by atoms with Gasteiger partial charge in [-0.15, -0.1) is 9.42 Å². The van der Waals surface area contributed by atoms with Crippen molar-refractivity contribution in [3.63, 3.8) is 0 Å². The molecule has 4 aromatic heterocycles. The minimum Gasteiger partial charge on any atom is -0.497 e. The molecule has 9 rings (SSSR count). The maximum absolute atomic E-state index is 13.0. The molecular formula is C48H51N10O12P2S+. The van der Waals surface area contributed by atoms with Crippen molar-refractivity contribution in [1.82, 2.24) is 39.0 Å². The normalized spacial score (nSPS) is 19.8. The van der Waals surface area contributed by atoms with E-state index < -0.39 is 56.6 Å². The van der Waals surface area contributed by atoms with Gasteiger partial charge in [0.2, 0.25) is 18.4 Å². The Morgan fingerprint density at radius 3 is 2.32 bits per heavy atom. The molecule has 25 heteroatoms. The zero-order chi connectivity index (χ0) is 51.3. The maximum atomic E-state index is 13.0. The van der Waals surface area contributed by atoms with Crippen LogP contribution in [0.5, 0.6) is 11.5 Å². The van der Waals surface area contributed by atoms with Gasteiger partial charge in [-0.1, -0.05) is 68.4 Å². The van der Waals surface area contributed by atoms with Gasteiger partial charge < -0.3 is 41.9 Å². The second kappa shape index (κ2) is 22.4. The van der Waals surface area contributed by atoms with E-state index in [0.717, 1.165) is 16.7 Å². The largest absolute Gasteiger partial charge is 0.695 e. The lowest BCUT2D eigenvalue weighted by molar-refractivity contribution is -0.118. The number of rotatable bonds is 22. The molecule has 73 heavy (non-hydrogen) atoms. The third-order valence-electron chi connectivity index (χ3n) is 12.4. The molecule has 0 bridgehead atoms. The lowest BCUT2D eigenvalue weighted by Gasteiger charge is -2.39. The number of benzene rings is 3. The van der Waals surface area contributed by atoms with Crippen LogP contribution in [0.2, 0.25) is 0 Å². The van der Waals surface area contributed by atoms with Crippen molar-refractivity contribution >= 4 is 61.0 Å². The summed E-state index contributed by atoms with van der Waals surface area (Å²) in [6.07, 6.45) is 1.97. The topological polar surface area (TPSA) is 252 Å². The molecule has 1 aliphatic carbocycles.